The summed E-state index contributed by atoms with van der Waals surface area (Å²) in [5.74, 6) is -1.44. The number of carbonyl (C=O) groups is 2. The van der Waals surface area contributed by atoms with Crippen LogP contribution >= 0.6 is 11.6 Å². The van der Waals surface area contributed by atoms with Crippen molar-refractivity contribution in [3.63, 3.8) is 0 Å². The Morgan fingerprint density at radius 1 is 1.35 bits per heavy atom. The number of carbonyl (C=O) groups excluding carboxylic acids is 2. The Morgan fingerprint density at radius 3 is 2.76 bits per heavy atom. The minimum absolute atomic E-state index is 0.290. The Kier molecular flexibility index (Phi) is 5.45. The van der Waals surface area contributed by atoms with Gasteiger partial charge in [0.1, 0.15) is 0 Å². The van der Waals surface area contributed by atoms with Crippen LogP contribution in [0.1, 0.15) is 0 Å². The molecule has 0 spiro atoms. The van der Waals surface area contributed by atoms with E-state index >= 15 is 0 Å². The molecule has 0 aliphatic rings. The third-order valence-corrected chi connectivity index (χ3v) is 2.12. The van der Waals surface area contributed by atoms with E-state index in [0.717, 1.165) is 0 Å². The fourth-order valence-electron chi connectivity index (χ4n) is 1.10. The molecule has 0 bridgehead atoms. The first kappa shape index (κ1) is 13.5. The summed E-state index contributed by atoms with van der Waals surface area (Å²) < 4.78 is 4.74. The van der Waals surface area contributed by atoms with Gasteiger partial charge in [0.25, 0.3) is 0 Å². The van der Waals surface area contributed by atoms with Crippen molar-refractivity contribution in [3.8, 4) is 0 Å². The Labute approximate surface area is 104 Å². The second-order valence-electron chi connectivity index (χ2n) is 3.21. The molecule has 0 unspecified atom stereocenters. The van der Waals surface area contributed by atoms with Gasteiger partial charge in [0, 0.05) is 24.4 Å². The quantitative estimate of drug-likeness (QED) is 0.625. The smallest absolute Gasteiger partial charge is 0.313 e. The first-order valence-electron chi connectivity index (χ1n) is 4.97. The van der Waals surface area contributed by atoms with Crippen molar-refractivity contribution in [2.24, 2.45) is 0 Å². The standard InChI is InChI=1S/C11H13ClN2O3/c1-17-6-5-13-10(15)11(16)14-9-4-2-3-8(12)7-9/h2-4,7H,5-6H2,1H3,(H,13,15)(H,14,16). The van der Waals surface area contributed by atoms with Crippen LogP contribution < -0.4 is 10.6 Å². The Bertz CT molecular complexity index is 409. The molecule has 0 aliphatic heterocycles. The number of benzene rings is 1. The van der Waals surface area contributed by atoms with E-state index in [2.05, 4.69) is 10.6 Å². The summed E-state index contributed by atoms with van der Waals surface area (Å²) in [5.41, 5.74) is 0.476. The summed E-state index contributed by atoms with van der Waals surface area (Å²) in [6.45, 7) is 0.647. The maximum absolute atomic E-state index is 11.4. The average Bonchev–Trinajstić information content (AvgIpc) is 2.29. The number of ether oxygens (including phenoxy) is 1. The predicted octanol–water partition coefficient (Wildman–Crippen LogP) is 1.04. The number of amides is 2. The van der Waals surface area contributed by atoms with Gasteiger partial charge < -0.3 is 15.4 Å². The lowest BCUT2D eigenvalue weighted by molar-refractivity contribution is -0.136. The minimum Gasteiger partial charge on any atom is -0.383 e. The highest BCUT2D eigenvalue weighted by Gasteiger charge is 2.12. The van der Waals surface area contributed by atoms with Crippen molar-refractivity contribution >= 4 is 29.1 Å². The number of halogens is 1. The first-order chi connectivity index (χ1) is 8.13. The fourth-order valence-corrected chi connectivity index (χ4v) is 1.29. The van der Waals surface area contributed by atoms with Crippen LogP contribution in [-0.2, 0) is 14.3 Å². The summed E-state index contributed by atoms with van der Waals surface area (Å²) in [6.07, 6.45) is 0. The van der Waals surface area contributed by atoms with Gasteiger partial charge in [-0.15, -0.1) is 0 Å². The molecule has 0 saturated heterocycles. The van der Waals surface area contributed by atoms with Gasteiger partial charge in [-0.25, -0.2) is 0 Å². The zero-order valence-corrected chi connectivity index (χ0v) is 10.1. The van der Waals surface area contributed by atoms with Crippen molar-refractivity contribution in [1.29, 1.82) is 0 Å². The van der Waals surface area contributed by atoms with Crippen LogP contribution in [0, 0.1) is 0 Å². The van der Waals surface area contributed by atoms with E-state index in [-0.39, 0.29) is 6.54 Å². The highest BCUT2D eigenvalue weighted by molar-refractivity contribution is 6.39. The van der Waals surface area contributed by atoms with E-state index in [1.54, 1.807) is 24.3 Å². The van der Waals surface area contributed by atoms with Gasteiger partial charge in [-0.3, -0.25) is 9.59 Å². The van der Waals surface area contributed by atoms with Crippen LogP contribution in [0.5, 0.6) is 0 Å². The molecule has 6 heteroatoms. The van der Waals surface area contributed by atoms with Gasteiger partial charge >= 0.3 is 11.8 Å². The van der Waals surface area contributed by atoms with E-state index in [4.69, 9.17) is 16.3 Å². The van der Waals surface area contributed by atoms with Crippen LogP contribution in [0.25, 0.3) is 0 Å². The Morgan fingerprint density at radius 2 is 2.12 bits per heavy atom. The normalized spacial score (nSPS) is 9.76. The molecule has 0 saturated carbocycles. The van der Waals surface area contributed by atoms with Gasteiger partial charge in [0.2, 0.25) is 0 Å². The lowest BCUT2D eigenvalue weighted by atomic mass is 10.3. The molecule has 2 amide bonds. The van der Waals surface area contributed by atoms with E-state index in [0.29, 0.717) is 17.3 Å². The van der Waals surface area contributed by atoms with Crippen molar-refractivity contribution in [2.45, 2.75) is 0 Å². The molecule has 0 atom stereocenters. The van der Waals surface area contributed by atoms with Crippen molar-refractivity contribution < 1.29 is 14.3 Å². The van der Waals surface area contributed by atoms with Gasteiger partial charge in [0.15, 0.2) is 0 Å². The Balaban J connectivity index is 2.46. The number of hydrogen-bond acceptors (Lipinski definition) is 3. The monoisotopic (exact) mass is 256 g/mol. The molecule has 0 aliphatic carbocycles. The van der Waals surface area contributed by atoms with Crippen molar-refractivity contribution in [1.82, 2.24) is 5.32 Å². The van der Waals surface area contributed by atoms with Gasteiger partial charge in [0.05, 0.1) is 6.61 Å². The first-order valence-corrected chi connectivity index (χ1v) is 5.35. The average molecular weight is 257 g/mol. The van der Waals surface area contributed by atoms with Crippen molar-refractivity contribution in [3.05, 3.63) is 29.3 Å². The van der Waals surface area contributed by atoms with Crippen LogP contribution in [0.2, 0.25) is 5.02 Å². The zero-order chi connectivity index (χ0) is 12.7. The number of nitrogens with one attached hydrogen (secondary N) is 2. The SMILES string of the molecule is COCCNC(=O)C(=O)Nc1cccc(Cl)c1. The second kappa shape index (κ2) is 6.88. The summed E-state index contributed by atoms with van der Waals surface area (Å²) >= 11 is 5.74. The molecule has 17 heavy (non-hydrogen) atoms. The molecule has 0 aromatic heterocycles. The third kappa shape index (κ3) is 4.84. The second-order valence-corrected chi connectivity index (χ2v) is 3.65. The fraction of sp³-hybridized carbons (Fsp3) is 0.273. The lowest BCUT2D eigenvalue weighted by Crippen LogP contribution is -2.37. The molecule has 1 aromatic carbocycles. The summed E-state index contributed by atoms with van der Waals surface area (Å²) in [6, 6.07) is 6.56. The summed E-state index contributed by atoms with van der Waals surface area (Å²) in [7, 11) is 1.51. The van der Waals surface area contributed by atoms with Crippen LogP contribution in [0.3, 0.4) is 0 Å². The molecular weight excluding hydrogens is 244 g/mol. The largest absolute Gasteiger partial charge is 0.383 e. The minimum atomic E-state index is -0.733. The molecule has 0 radical (unpaired) electrons. The number of methoxy groups -OCH3 is 1. The van der Waals surface area contributed by atoms with Gasteiger partial charge in [-0.2, -0.15) is 0 Å². The van der Waals surface area contributed by atoms with Crippen LogP contribution in [0.4, 0.5) is 5.69 Å². The lowest BCUT2D eigenvalue weighted by Gasteiger charge is -2.06. The molecule has 1 aromatic rings. The van der Waals surface area contributed by atoms with Crippen molar-refractivity contribution in [2.75, 3.05) is 25.6 Å². The molecule has 0 heterocycles. The molecule has 5 nitrogen and oxygen atoms in total. The molecule has 92 valence electrons. The molecule has 1 rings (SSSR count). The topological polar surface area (TPSA) is 67.4 Å². The van der Waals surface area contributed by atoms with Gasteiger partial charge in [-0.05, 0) is 18.2 Å². The highest BCUT2D eigenvalue weighted by Crippen LogP contribution is 2.14. The molecular formula is C11H13ClN2O3. The zero-order valence-electron chi connectivity index (χ0n) is 9.33. The maximum Gasteiger partial charge on any atom is 0.313 e. The predicted molar refractivity (Wildman–Crippen MR) is 65.0 cm³/mol. The molecule has 0 fully saturated rings. The third-order valence-electron chi connectivity index (χ3n) is 1.88. The van der Waals surface area contributed by atoms with E-state index < -0.39 is 11.8 Å². The van der Waals surface area contributed by atoms with Gasteiger partial charge in [-0.1, -0.05) is 17.7 Å². The van der Waals surface area contributed by atoms with Crippen LogP contribution in [0.15, 0.2) is 24.3 Å². The van der Waals surface area contributed by atoms with Crippen LogP contribution in [-0.4, -0.2) is 32.1 Å². The summed E-state index contributed by atoms with van der Waals surface area (Å²) in [5, 5.41) is 5.33. The number of rotatable bonds is 4. The van der Waals surface area contributed by atoms with E-state index in [1.165, 1.54) is 7.11 Å². The Hall–Kier alpha value is -1.59. The van der Waals surface area contributed by atoms with E-state index in [9.17, 15) is 9.59 Å². The molecule has 2 N–H and O–H groups in total. The maximum atomic E-state index is 11.4. The summed E-state index contributed by atoms with van der Waals surface area (Å²) in [4.78, 5) is 22.7. The highest BCUT2D eigenvalue weighted by atomic mass is 35.5. The number of hydrogen-bond donors (Lipinski definition) is 2. The van der Waals surface area contributed by atoms with E-state index in [1.807, 2.05) is 0 Å². The number of anilines is 1.